The van der Waals surface area contributed by atoms with Crippen LogP contribution in [0.1, 0.15) is 37.7 Å². The van der Waals surface area contributed by atoms with Crippen molar-refractivity contribution < 1.29 is 8.78 Å². The molecule has 1 fully saturated rings. The molecular formula is C16H21F2N3. The van der Waals surface area contributed by atoms with Crippen molar-refractivity contribution in [3.05, 3.63) is 35.4 Å². The Labute approximate surface area is 123 Å². The van der Waals surface area contributed by atoms with E-state index in [9.17, 15) is 8.78 Å². The molecule has 3 rings (SSSR count). The molecular weight excluding hydrogens is 272 g/mol. The highest BCUT2D eigenvalue weighted by molar-refractivity contribution is 5.80. The highest BCUT2D eigenvalue weighted by Crippen LogP contribution is 2.41. The lowest BCUT2D eigenvalue weighted by atomic mass is 9.78. The molecule has 0 aromatic heterocycles. The maximum Gasteiger partial charge on any atom is 0.191 e. The number of nitrogens with zero attached hydrogens (tertiary/aromatic N) is 1. The van der Waals surface area contributed by atoms with E-state index in [-0.39, 0.29) is 5.41 Å². The smallest absolute Gasteiger partial charge is 0.191 e. The summed E-state index contributed by atoms with van der Waals surface area (Å²) in [5.74, 6) is -0.150. The second kappa shape index (κ2) is 6.00. The normalized spacial score (nSPS) is 20.8. The zero-order valence-electron chi connectivity index (χ0n) is 12.1. The summed E-state index contributed by atoms with van der Waals surface area (Å²) in [5, 5.41) is 6.54. The van der Waals surface area contributed by atoms with Crippen LogP contribution in [0.15, 0.2) is 23.2 Å². The van der Waals surface area contributed by atoms with Crippen molar-refractivity contribution in [3.8, 4) is 0 Å². The van der Waals surface area contributed by atoms with E-state index >= 15 is 0 Å². The third-order valence-corrected chi connectivity index (χ3v) is 4.55. The Morgan fingerprint density at radius 2 is 2.00 bits per heavy atom. The molecule has 0 saturated heterocycles. The molecule has 0 spiro atoms. The second-order valence-electron chi connectivity index (χ2n) is 5.98. The van der Waals surface area contributed by atoms with E-state index in [1.54, 1.807) is 6.07 Å². The Morgan fingerprint density at radius 3 is 2.67 bits per heavy atom. The quantitative estimate of drug-likeness (QED) is 0.899. The Morgan fingerprint density at radius 1 is 1.19 bits per heavy atom. The zero-order chi connectivity index (χ0) is 14.7. The van der Waals surface area contributed by atoms with Gasteiger partial charge in [-0.05, 0) is 30.9 Å². The molecule has 1 aromatic carbocycles. The Hall–Kier alpha value is -1.65. The molecule has 2 aliphatic rings. The van der Waals surface area contributed by atoms with Gasteiger partial charge in [-0.25, -0.2) is 8.78 Å². The van der Waals surface area contributed by atoms with E-state index in [1.165, 1.54) is 6.07 Å². The summed E-state index contributed by atoms with van der Waals surface area (Å²) in [6.45, 7) is 2.39. The first-order chi connectivity index (χ1) is 10.2. The summed E-state index contributed by atoms with van der Waals surface area (Å²) in [6, 6.07) is 3.95. The van der Waals surface area contributed by atoms with Crippen LogP contribution in [-0.4, -0.2) is 25.6 Å². The van der Waals surface area contributed by atoms with Gasteiger partial charge in [0.1, 0.15) is 11.6 Å². The van der Waals surface area contributed by atoms with Crippen LogP contribution in [0.4, 0.5) is 8.78 Å². The van der Waals surface area contributed by atoms with Gasteiger partial charge in [0.25, 0.3) is 0 Å². The molecule has 114 valence electrons. The summed E-state index contributed by atoms with van der Waals surface area (Å²) in [7, 11) is 0. The average Bonchev–Trinajstić information content (AvgIpc) is 2.96. The molecule has 1 saturated carbocycles. The summed E-state index contributed by atoms with van der Waals surface area (Å²) in [5.41, 5.74) is 0.379. The van der Waals surface area contributed by atoms with Crippen molar-refractivity contribution in [1.29, 1.82) is 0 Å². The van der Waals surface area contributed by atoms with Crippen LogP contribution >= 0.6 is 0 Å². The number of halogens is 2. The lowest BCUT2D eigenvalue weighted by Gasteiger charge is -2.31. The van der Waals surface area contributed by atoms with Crippen LogP contribution in [-0.2, 0) is 5.41 Å². The monoisotopic (exact) mass is 293 g/mol. The molecule has 0 bridgehead atoms. The largest absolute Gasteiger partial charge is 0.356 e. The van der Waals surface area contributed by atoms with E-state index in [2.05, 4.69) is 15.6 Å². The molecule has 1 aromatic rings. The highest BCUT2D eigenvalue weighted by atomic mass is 19.1. The summed E-state index contributed by atoms with van der Waals surface area (Å²) in [4.78, 5) is 4.39. The summed E-state index contributed by atoms with van der Waals surface area (Å²) < 4.78 is 27.4. The van der Waals surface area contributed by atoms with Gasteiger partial charge in [-0.1, -0.05) is 18.9 Å². The predicted octanol–water partition coefficient (Wildman–Crippen LogP) is 2.72. The van der Waals surface area contributed by atoms with E-state index in [1.807, 2.05) is 0 Å². The summed E-state index contributed by atoms with van der Waals surface area (Å²) >= 11 is 0. The van der Waals surface area contributed by atoms with Crippen LogP contribution in [0, 0.1) is 11.6 Å². The standard InChI is InChI=1S/C16H21F2N3/c17-12-4-5-13(14(18)10-12)16(6-1-2-7-16)11-21-15-19-8-3-9-20-15/h4-5,10H,1-3,6-9,11H2,(H2,19,20,21). The maximum absolute atomic E-state index is 14.2. The number of rotatable bonds is 3. The summed E-state index contributed by atoms with van der Waals surface area (Å²) in [6.07, 6.45) is 5.06. The Bertz CT molecular complexity index is 536. The third kappa shape index (κ3) is 3.01. The van der Waals surface area contributed by atoms with E-state index in [4.69, 9.17) is 0 Å². The number of hydrogen-bond donors (Lipinski definition) is 2. The molecule has 0 unspecified atom stereocenters. The van der Waals surface area contributed by atoms with Gasteiger partial charge in [0.15, 0.2) is 5.96 Å². The van der Waals surface area contributed by atoms with Gasteiger partial charge in [0.2, 0.25) is 0 Å². The van der Waals surface area contributed by atoms with E-state index in [0.717, 1.165) is 57.2 Å². The fourth-order valence-electron chi connectivity index (χ4n) is 3.42. The van der Waals surface area contributed by atoms with Crippen molar-refractivity contribution in [3.63, 3.8) is 0 Å². The third-order valence-electron chi connectivity index (χ3n) is 4.55. The Balaban J connectivity index is 1.80. The van der Waals surface area contributed by atoms with Crippen molar-refractivity contribution in [2.24, 2.45) is 4.99 Å². The predicted molar refractivity (Wildman–Crippen MR) is 79.4 cm³/mol. The molecule has 0 atom stereocenters. The van der Waals surface area contributed by atoms with Crippen LogP contribution < -0.4 is 10.6 Å². The van der Waals surface area contributed by atoms with Crippen molar-refractivity contribution in [2.45, 2.75) is 37.5 Å². The van der Waals surface area contributed by atoms with Crippen LogP contribution in [0.5, 0.6) is 0 Å². The number of nitrogens with one attached hydrogen (secondary N) is 2. The molecule has 0 radical (unpaired) electrons. The first kappa shape index (κ1) is 14.3. The first-order valence-corrected chi connectivity index (χ1v) is 7.67. The van der Waals surface area contributed by atoms with E-state index < -0.39 is 11.6 Å². The Kier molecular flexibility index (Phi) is 4.08. The molecule has 21 heavy (non-hydrogen) atoms. The van der Waals surface area contributed by atoms with Gasteiger partial charge < -0.3 is 10.6 Å². The topological polar surface area (TPSA) is 36.4 Å². The lowest BCUT2D eigenvalue weighted by Crippen LogP contribution is -2.46. The molecule has 1 aliphatic carbocycles. The fraction of sp³-hybridized carbons (Fsp3) is 0.562. The van der Waals surface area contributed by atoms with Crippen LogP contribution in [0.25, 0.3) is 0 Å². The van der Waals surface area contributed by atoms with Gasteiger partial charge in [-0.15, -0.1) is 0 Å². The number of aliphatic imine (C=N–C) groups is 1. The molecule has 5 heteroatoms. The number of benzene rings is 1. The molecule has 1 heterocycles. The van der Waals surface area contributed by atoms with E-state index in [0.29, 0.717) is 12.1 Å². The van der Waals surface area contributed by atoms with Crippen molar-refractivity contribution in [2.75, 3.05) is 19.6 Å². The van der Waals surface area contributed by atoms with Crippen molar-refractivity contribution >= 4 is 5.96 Å². The maximum atomic E-state index is 14.2. The minimum atomic E-state index is -0.518. The van der Waals surface area contributed by atoms with Gasteiger partial charge in [-0.2, -0.15) is 0 Å². The number of guanidine groups is 1. The highest BCUT2D eigenvalue weighted by Gasteiger charge is 2.37. The zero-order valence-corrected chi connectivity index (χ0v) is 12.1. The number of hydrogen-bond acceptors (Lipinski definition) is 3. The molecule has 0 amide bonds. The van der Waals surface area contributed by atoms with Crippen LogP contribution in [0.3, 0.4) is 0 Å². The SMILES string of the molecule is Fc1ccc(C2(CNC3=NCCCN3)CCCC2)c(F)c1. The lowest BCUT2D eigenvalue weighted by molar-refractivity contribution is 0.406. The van der Waals surface area contributed by atoms with Gasteiger partial charge >= 0.3 is 0 Å². The fourth-order valence-corrected chi connectivity index (χ4v) is 3.42. The van der Waals surface area contributed by atoms with Crippen LogP contribution in [0.2, 0.25) is 0 Å². The molecule has 3 nitrogen and oxygen atoms in total. The first-order valence-electron chi connectivity index (χ1n) is 7.67. The average molecular weight is 293 g/mol. The molecule has 2 N–H and O–H groups in total. The van der Waals surface area contributed by atoms with Gasteiger partial charge in [0.05, 0.1) is 0 Å². The minimum Gasteiger partial charge on any atom is -0.356 e. The minimum absolute atomic E-state index is 0.251. The van der Waals surface area contributed by atoms with Crippen molar-refractivity contribution in [1.82, 2.24) is 10.6 Å². The van der Waals surface area contributed by atoms with Gasteiger partial charge in [0, 0.05) is 31.1 Å². The van der Waals surface area contributed by atoms with Gasteiger partial charge in [-0.3, -0.25) is 4.99 Å². The second-order valence-corrected chi connectivity index (χ2v) is 5.98. The molecule has 1 aliphatic heterocycles.